The van der Waals surface area contributed by atoms with E-state index in [0.29, 0.717) is 19.1 Å². The number of nitrogens with zero attached hydrogens (tertiary/aromatic N) is 5. The van der Waals surface area contributed by atoms with Gasteiger partial charge in [0, 0.05) is 44.1 Å². The molecule has 0 atom stereocenters. The number of aryl methyl sites for hydroxylation is 2. The van der Waals surface area contributed by atoms with Crippen LogP contribution in [-0.4, -0.2) is 50.8 Å². The van der Waals surface area contributed by atoms with Crippen LogP contribution in [0.25, 0.3) is 0 Å². The molecule has 0 aliphatic carbocycles. The molecule has 0 saturated carbocycles. The van der Waals surface area contributed by atoms with Crippen LogP contribution in [-0.2, 0) is 22.7 Å². The Labute approximate surface area is 148 Å². The van der Waals surface area contributed by atoms with Crippen molar-refractivity contribution in [2.45, 2.75) is 45.8 Å². The van der Waals surface area contributed by atoms with E-state index in [1.165, 1.54) is 0 Å². The monoisotopic (exact) mass is 343 g/mol. The van der Waals surface area contributed by atoms with Gasteiger partial charge in [-0.15, -0.1) is 0 Å². The van der Waals surface area contributed by atoms with Crippen LogP contribution in [0.2, 0.25) is 0 Å². The molecule has 0 spiro atoms. The van der Waals surface area contributed by atoms with Crippen molar-refractivity contribution in [1.82, 2.24) is 24.6 Å². The minimum atomic E-state index is 0.123. The van der Waals surface area contributed by atoms with Crippen molar-refractivity contribution < 1.29 is 9.53 Å². The Hall–Kier alpha value is -2.28. The highest BCUT2D eigenvalue weighted by atomic mass is 16.5. The second-order valence-corrected chi connectivity index (χ2v) is 6.63. The molecule has 0 unspecified atom stereocenters. The number of ether oxygens (including phenoxy) is 1. The van der Waals surface area contributed by atoms with Crippen molar-refractivity contribution in [1.29, 1.82) is 0 Å². The van der Waals surface area contributed by atoms with Gasteiger partial charge in [-0.05, 0) is 32.3 Å². The standard InChI is InChI=1S/C18H25N5O2/c1-13-8-20-23(10-13)11-17(24)22-6-4-15(5-7-22)18-16(12-25-3)9-19-14(2)21-18/h8-10,15H,4-7,11-12H2,1-3H3. The fraction of sp³-hybridized carbons (Fsp3) is 0.556. The molecule has 0 radical (unpaired) electrons. The number of likely N-dealkylation sites (tertiary alicyclic amines) is 1. The number of hydrogen-bond donors (Lipinski definition) is 0. The number of aromatic nitrogens is 4. The maximum atomic E-state index is 12.5. The fourth-order valence-electron chi connectivity index (χ4n) is 3.33. The first-order valence-electron chi connectivity index (χ1n) is 8.65. The van der Waals surface area contributed by atoms with E-state index < -0.39 is 0 Å². The summed E-state index contributed by atoms with van der Waals surface area (Å²) in [5.74, 6) is 1.25. The lowest BCUT2D eigenvalue weighted by atomic mass is 9.91. The Balaban J connectivity index is 1.62. The summed E-state index contributed by atoms with van der Waals surface area (Å²) in [5.41, 5.74) is 3.19. The van der Waals surface area contributed by atoms with Gasteiger partial charge in [0.2, 0.25) is 5.91 Å². The zero-order valence-electron chi connectivity index (χ0n) is 15.1. The molecule has 1 amide bonds. The molecule has 2 aromatic heterocycles. The lowest BCUT2D eigenvalue weighted by Gasteiger charge is -2.32. The lowest BCUT2D eigenvalue weighted by molar-refractivity contribution is -0.133. The Kier molecular flexibility index (Phi) is 5.43. The third-order valence-corrected chi connectivity index (χ3v) is 4.61. The van der Waals surface area contributed by atoms with E-state index in [-0.39, 0.29) is 5.91 Å². The van der Waals surface area contributed by atoms with Gasteiger partial charge in [-0.25, -0.2) is 9.97 Å². The highest BCUT2D eigenvalue weighted by Crippen LogP contribution is 2.29. The average Bonchev–Trinajstić information content (AvgIpc) is 3.01. The van der Waals surface area contributed by atoms with Gasteiger partial charge < -0.3 is 9.64 Å². The first-order chi connectivity index (χ1) is 12.1. The van der Waals surface area contributed by atoms with E-state index in [0.717, 1.165) is 48.6 Å². The van der Waals surface area contributed by atoms with Gasteiger partial charge in [-0.3, -0.25) is 9.48 Å². The van der Waals surface area contributed by atoms with E-state index in [4.69, 9.17) is 4.74 Å². The number of rotatable bonds is 5. The van der Waals surface area contributed by atoms with Crippen molar-refractivity contribution in [3.8, 4) is 0 Å². The normalized spacial score (nSPS) is 15.6. The summed E-state index contributed by atoms with van der Waals surface area (Å²) in [4.78, 5) is 23.3. The molecule has 3 heterocycles. The van der Waals surface area contributed by atoms with Gasteiger partial charge in [0.05, 0.1) is 18.5 Å². The number of carbonyl (C=O) groups is 1. The van der Waals surface area contributed by atoms with E-state index in [2.05, 4.69) is 15.1 Å². The Morgan fingerprint density at radius 3 is 2.68 bits per heavy atom. The first kappa shape index (κ1) is 17.5. The number of amides is 1. The fourth-order valence-corrected chi connectivity index (χ4v) is 3.33. The second kappa shape index (κ2) is 7.74. The zero-order valence-corrected chi connectivity index (χ0v) is 15.1. The number of methoxy groups -OCH3 is 1. The van der Waals surface area contributed by atoms with Gasteiger partial charge in [0.15, 0.2) is 0 Å². The molecule has 1 fully saturated rings. The molecule has 0 N–H and O–H groups in total. The lowest BCUT2D eigenvalue weighted by Crippen LogP contribution is -2.40. The third-order valence-electron chi connectivity index (χ3n) is 4.61. The van der Waals surface area contributed by atoms with Crippen LogP contribution in [0.5, 0.6) is 0 Å². The van der Waals surface area contributed by atoms with Gasteiger partial charge in [-0.2, -0.15) is 5.10 Å². The SMILES string of the molecule is COCc1cnc(C)nc1C1CCN(C(=O)Cn2cc(C)cn2)CC1. The summed E-state index contributed by atoms with van der Waals surface area (Å²) < 4.78 is 6.98. The average molecular weight is 343 g/mol. The summed E-state index contributed by atoms with van der Waals surface area (Å²) in [5, 5.41) is 4.19. The minimum Gasteiger partial charge on any atom is -0.380 e. The van der Waals surface area contributed by atoms with E-state index in [1.807, 2.05) is 31.1 Å². The van der Waals surface area contributed by atoms with Gasteiger partial charge in [0.25, 0.3) is 0 Å². The van der Waals surface area contributed by atoms with Gasteiger partial charge >= 0.3 is 0 Å². The molecule has 0 bridgehead atoms. The van der Waals surface area contributed by atoms with E-state index >= 15 is 0 Å². The molecule has 1 aliphatic heterocycles. The van der Waals surface area contributed by atoms with Crippen LogP contribution in [0.4, 0.5) is 0 Å². The molecule has 134 valence electrons. The Bertz CT molecular complexity index is 735. The molecule has 0 aromatic carbocycles. The van der Waals surface area contributed by atoms with Crippen LogP contribution in [0.3, 0.4) is 0 Å². The molecular formula is C18H25N5O2. The predicted octanol–water partition coefficient (Wildman–Crippen LogP) is 1.84. The van der Waals surface area contributed by atoms with Crippen LogP contribution in [0.15, 0.2) is 18.6 Å². The summed E-state index contributed by atoms with van der Waals surface area (Å²) in [6.07, 6.45) is 7.35. The van der Waals surface area contributed by atoms with Crippen LogP contribution >= 0.6 is 0 Å². The van der Waals surface area contributed by atoms with E-state index in [9.17, 15) is 4.79 Å². The van der Waals surface area contributed by atoms with Crippen molar-refractivity contribution in [3.63, 3.8) is 0 Å². The molecule has 1 aliphatic rings. The molecule has 2 aromatic rings. The summed E-state index contributed by atoms with van der Waals surface area (Å²) in [6.45, 7) is 6.21. The van der Waals surface area contributed by atoms with Crippen molar-refractivity contribution in [2.75, 3.05) is 20.2 Å². The molecule has 7 nitrogen and oxygen atoms in total. The van der Waals surface area contributed by atoms with E-state index in [1.54, 1.807) is 18.0 Å². The highest BCUT2D eigenvalue weighted by Gasteiger charge is 2.26. The zero-order chi connectivity index (χ0) is 17.8. The molecule has 7 heteroatoms. The maximum Gasteiger partial charge on any atom is 0.244 e. The van der Waals surface area contributed by atoms with Gasteiger partial charge in [-0.1, -0.05) is 0 Å². The summed E-state index contributed by atoms with van der Waals surface area (Å²) in [7, 11) is 1.68. The smallest absolute Gasteiger partial charge is 0.244 e. The largest absolute Gasteiger partial charge is 0.380 e. The quantitative estimate of drug-likeness (QED) is 0.828. The predicted molar refractivity (Wildman–Crippen MR) is 93.0 cm³/mol. The highest BCUT2D eigenvalue weighted by molar-refractivity contribution is 5.76. The first-order valence-corrected chi connectivity index (χ1v) is 8.65. The third kappa shape index (κ3) is 4.22. The van der Waals surface area contributed by atoms with Gasteiger partial charge in [0.1, 0.15) is 12.4 Å². The number of carbonyl (C=O) groups excluding carboxylic acids is 1. The minimum absolute atomic E-state index is 0.123. The maximum absolute atomic E-state index is 12.5. The number of piperidine rings is 1. The number of hydrogen-bond acceptors (Lipinski definition) is 5. The van der Waals surface area contributed by atoms with Crippen molar-refractivity contribution in [2.24, 2.45) is 0 Å². The summed E-state index contributed by atoms with van der Waals surface area (Å²) in [6, 6.07) is 0. The summed E-state index contributed by atoms with van der Waals surface area (Å²) >= 11 is 0. The Morgan fingerprint density at radius 2 is 2.04 bits per heavy atom. The molecule has 3 rings (SSSR count). The topological polar surface area (TPSA) is 73.1 Å². The Morgan fingerprint density at radius 1 is 1.28 bits per heavy atom. The van der Waals surface area contributed by atoms with Crippen molar-refractivity contribution in [3.05, 3.63) is 41.2 Å². The second-order valence-electron chi connectivity index (χ2n) is 6.63. The van der Waals surface area contributed by atoms with Crippen LogP contribution in [0.1, 0.15) is 41.4 Å². The van der Waals surface area contributed by atoms with Crippen LogP contribution in [0, 0.1) is 13.8 Å². The molecule has 25 heavy (non-hydrogen) atoms. The molecular weight excluding hydrogens is 318 g/mol. The van der Waals surface area contributed by atoms with Crippen LogP contribution < -0.4 is 0 Å². The molecule has 1 saturated heterocycles. The van der Waals surface area contributed by atoms with Crippen molar-refractivity contribution >= 4 is 5.91 Å².